The zero-order valence-corrected chi connectivity index (χ0v) is 15.7. The minimum atomic E-state index is -0.369. The molecule has 4 N–H and O–H groups in total. The third-order valence-corrected chi connectivity index (χ3v) is 3.89. The van der Waals surface area contributed by atoms with Gasteiger partial charge in [-0.25, -0.2) is 0 Å². The number of nitrogens with zero attached hydrogens (tertiary/aromatic N) is 2. The number of carbonyl (C=O) groups excluding carboxylic acids is 3. The molecule has 2 aromatic heterocycles. The summed E-state index contributed by atoms with van der Waals surface area (Å²) >= 11 is 0. The fourth-order valence-corrected chi connectivity index (χ4v) is 2.57. The topological polar surface area (TPSA) is 117 Å². The number of hydrogen-bond donors (Lipinski definition) is 4. The number of aliphatic hydroxyl groups is 1. The number of aliphatic hydroxyl groups excluding tert-OH is 1. The van der Waals surface area contributed by atoms with Gasteiger partial charge in [-0.1, -0.05) is 6.92 Å². The lowest BCUT2D eigenvalue weighted by atomic mass is 10.3. The van der Waals surface area contributed by atoms with Gasteiger partial charge in [0.25, 0.3) is 11.8 Å². The number of amides is 3. The molecule has 9 heteroatoms. The van der Waals surface area contributed by atoms with Crippen molar-refractivity contribution in [2.45, 2.75) is 19.8 Å². The van der Waals surface area contributed by atoms with Crippen molar-refractivity contribution in [2.75, 3.05) is 23.8 Å². The van der Waals surface area contributed by atoms with Crippen molar-refractivity contribution in [2.24, 2.45) is 14.1 Å². The largest absolute Gasteiger partial charge is 0.396 e. The van der Waals surface area contributed by atoms with Crippen LogP contribution in [0.5, 0.6) is 0 Å². The van der Waals surface area contributed by atoms with Crippen molar-refractivity contribution < 1.29 is 19.5 Å². The van der Waals surface area contributed by atoms with Gasteiger partial charge >= 0.3 is 0 Å². The van der Waals surface area contributed by atoms with Crippen molar-refractivity contribution >= 4 is 29.1 Å². The number of aromatic nitrogens is 2. The van der Waals surface area contributed by atoms with Crippen molar-refractivity contribution in [1.82, 2.24) is 14.5 Å². The summed E-state index contributed by atoms with van der Waals surface area (Å²) in [6, 6.07) is 3.15. The lowest BCUT2D eigenvalue weighted by Gasteiger charge is -2.03. The zero-order valence-electron chi connectivity index (χ0n) is 15.7. The second kappa shape index (κ2) is 9.04. The van der Waals surface area contributed by atoms with Gasteiger partial charge in [-0.3, -0.25) is 14.4 Å². The van der Waals surface area contributed by atoms with E-state index in [1.54, 1.807) is 47.8 Å². The summed E-state index contributed by atoms with van der Waals surface area (Å²) in [5.41, 5.74) is 1.75. The summed E-state index contributed by atoms with van der Waals surface area (Å²) in [7, 11) is 3.42. The number of nitrogens with one attached hydrogen (secondary N) is 3. The van der Waals surface area contributed by atoms with Gasteiger partial charge in [-0.15, -0.1) is 0 Å². The SMILES string of the molecule is CCCNC(=O)c1cc(NC(=O)c2cc(NC(=O)CCO)cn2C)cn1C. The predicted octanol–water partition coefficient (Wildman–Crippen LogP) is 1.08. The van der Waals surface area contributed by atoms with Crippen LogP contribution in [0.15, 0.2) is 24.5 Å². The second-order valence-corrected chi connectivity index (χ2v) is 6.18. The summed E-state index contributed by atoms with van der Waals surface area (Å²) in [5, 5.41) is 16.9. The van der Waals surface area contributed by atoms with E-state index >= 15 is 0 Å². The number of carbonyl (C=O) groups is 3. The molecule has 2 rings (SSSR count). The predicted molar refractivity (Wildman–Crippen MR) is 102 cm³/mol. The molecule has 3 amide bonds. The molecule has 0 saturated carbocycles. The maximum atomic E-state index is 12.5. The van der Waals surface area contributed by atoms with Gasteiger partial charge in [0.05, 0.1) is 24.4 Å². The molecule has 2 heterocycles. The first-order valence-electron chi connectivity index (χ1n) is 8.68. The van der Waals surface area contributed by atoms with E-state index in [2.05, 4.69) is 16.0 Å². The number of aryl methyl sites for hydroxylation is 2. The monoisotopic (exact) mass is 375 g/mol. The minimum Gasteiger partial charge on any atom is -0.396 e. The second-order valence-electron chi connectivity index (χ2n) is 6.18. The Morgan fingerprint density at radius 3 is 2.07 bits per heavy atom. The van der Waals surface area contributed by atoms with Crippen LogP contribution in [0, 0.1) is 0 Å². The molecule has 0 spiro atoms. The Labute approximate surface area is 157 Å². The fraction of sp³-hybridized carbons (Fsp3) is 0.389. The molecule has 0 aromatic carbocycles. The molecule has 2 aromatic rings. The van der Waals surface area contributed by atoms with Gasteiger partial charge in [0, 0.05) is 33.0 Å². The number of rotatable bonds is 8. The van der Waals surface area contributed by atoms with E-state index in [1.807, 2.05) is 6.92 Å². The molecular formula is C18H25N5O4. The fourth-order valence-electron chi connectivity index (χ4n) is 2.57. The molecule has 0 aliphatic carbocycles. The van der Waals surface area contributed by atoms with Crippen LogP contribution in [0.3, 0.4) is 0 Å². The summed E-state index contributed by atoms with van der Waals surface area (Å²) < 4.78 is 3.23. The molecule has 0 saturated heterocycles. The Bertz CT molecular complexity index is 837. The Balaban J connectivity index is 2.08. The number of anilines is 2. The Hall–Kier alpha value is -3.07. The molecule has 0 aliphatic rings. The van der Waals surface area contributed by atoms with Crippen molar-refractivity contribution in [1.29, 1.82) is 0 Å². The minimum absolute atomic E-state index is 0.0106. The van der Waals surface area contributed by atoms with E-state index < -0.39 is 0 Å². The van der Waals surface area contributed by atoms with Crippen LogP contribution >= 0.6 is 0 Å². The van der Waals surface area contributed by atoms with E-state index in [0.29, 0.717) is 29.3 Å². The summed E-state index contributed by atoms with van der Waals surface area (Å²) in [6.45, 7) is 2.31. The highest BCUT2D eigenvalue weighted by Crippen LogP contribution is 2.17. The zero-order chi connectivity index (χ0) is 20.0. The molecule has 9 nitrogen and oxygen atoms in total. The van der Waals surface area contributed by atoms with Crippen molar-refractivity contribution in [3.05, 3.63) is 35.9 Å². The van der Waals surface area contributed by atoms with Crippen LogP contribution in [0.4, 0.5) is 11.4 Å². The Morgan fingerprint density at radius 1 is 0.963 bits per heavy atom. The molecule has 0 unspecified atom stereocenters. The Kier molecular flexibility index (Phi) is 6.78. The molecule has 0 fully saturated rings. The Morgan fingerprint density at radius 2 is 1.52 bits per heavy atom. The highest BCUT2D eigenvalue weighted by molar-refractivity contribution is 6.05. The van der Waals surface area contributed by atoms with Gasteiger partial charge in [0.2, 0.25) is 5.91 Å². The highest BCUT2D eigenvalue weighted by atomic mass is 16.3. The van der Waals surface area contributed by atoms with Gasteiger partial charge in [-0.2, -0.15) is 0 Å². The summed E-state index contributed by atoms with van der Waals surface area (Å²) in [6.07, 6.45) is 4.10. The van der Waals surface area contributed by atoms with Crippen LogP contribution in [0.2, 0.25) is 0 Å². The van der Waals surface area contributed by atoms with Crippen molar-refractivity contribution in [3.8, 4) is 0 Å². The lowest BCUT2D eigenvalue weighted by molar-refractivity contribution is -0.116. The van der Waals surface area contributed by atoms with Crippen LogP contribution < -0.4 is 16.0 Å². The number of hydrogen-bond acceptors (Lipinski definition) is 4. The maximum Gasteiger partial charge on any atom is 0.272 e. The molecule has 0 radical (unpaired) electrons. The van der Waals surface area contributed by atoms with Gasteiger partial charge < -0.3 is 30.2 Å². The normalized spacial score (nSPS) is 10.5. The van der Waals surface area contributed by atoms with Crippen LogP contribution in [0.25, 0.3) is 0 Å². The third-order valence-electron chi connectivity index (χ3n) is 3.89. The smallest absolute Gasteiger partial charge is 0.272 e. The highest BCUT2D eigenvalue weighted by Gasteiger charge is 2.16. The lowest BCUT2D eigenvalue weighted by Crippen LogP contribution is -2.25. The van der Waals surface area contributed by atoms with Gasteiger partial charge in [0.1, 0.15) is 11.4 Å². The first-order chi connectivity index (χ1) is 12.8. The van der Waals surface area contributed by atoms with Crippen LogP contribution in [-0.2, 0) is 18.9 Å². The van der Waals surface area contributed by atoms with Crippen LogP contribution in [-0.4, -0.2) is 45.1 Å². The molecule has 0 bridgehead atoms. The average Bonchev–Trinajstić information content (AvgIpc) is 3.15. The van der Waals surface area contributed by atoms with E-state index in [1.165, 1.54) is 0 Å². The van der Waals surface area contributed by atoms with E-state index in [9.17, 15) is 14.4 Å². The van der Waals surface area contributed by atoms with Gasteiger partial charge in [-0.05, 0) is 18.6 Å². The maximum absolute atomic E-state index is 12.5. The van der Waals surface area contributed by atoms with E-state index in [-0.39, 0.29) is 30.7 Å². The summed E-state index contributed by atoms with van der Waals surface area (Å²) in [4.78, 5) is 36.2. The average molecular weight is 375 g/mol. The molecule has 146 valence electrons. The third kappa shape index (κ3) is 5.20. The van der Waals surface area contributed by atoms with E-state index in [0.717, 1.165) is 6.42 Å². The van der Waals surface area contributed by atoms with Crippen LogP contribution in [0.1, 0.15) is 40.7 Å². The first-order valence-corrected chi connectivity index (χ1v) is 8.68. The first kappa shape index (κ1) is 20.2. The van der Waals surface area contributed by atoms with E-state index in [4.69, 9.17) is 5.11 Å². The quantitative estimate of drug-likeness (QED) is 0.552. The molecule has 0 aliphatic heterocycles. The summed E-state index contributed by atoms with van der Waals surface area (Å²) in [5.74, 6) is -0.903. The van der Waals surface area contributed by atoms with Crippen molar-refractivity contribution in [3.63, 3.8) is 0 Å². The molecule has 27 heavy (non-hydrogen) atoms. The van der Waals surface area contributed by atoms with Gasteiger partial charge in [0.15, 0.2) is 0 Å². The standard InChI is InChI=1S/C18H25N5O4/c1-4-6-19-17(26)14-9-13(11-22(14)2)21-18(27)15-8-12(10-23(15)3)20-16(25)5-7-24/h8-11,24H,4-7H2,1-3H3,(H,19,26)(H,20,25)(H,21,27). The molecular weight excluding hydrogens is 350 g/mol. The molecule has 0 atom stereocenters.